The maximum atomic E-state index is 11.3. The number of hydrogen-bond acceptors (Lipinski definition) is 2. The van der Waals surface area contributed by atoms with Gasteiger partial charge in [-0.1, -0.05) is 40.0 Å². The monoisotopic (exact) mass is 262 g/mol. The molecule has 1 heterocycles. The fraction of sp³-hybridized carbons (Fsp3) is 0.750. The predicted octanol–water partition coefficient (Wildman–Crippen LogP) is 3.96. The fourth-order valence-corrected chi connectivity index (χ4v) is 3.44. The van der Waals surface area contributed by atoms with E-state index in [1.54, 1.807) is 0 Å². The number of rotatable bonds is 5. The number of nitrogens with zero attached hydrogens (tertiary/aromatic N) is 2. The van der Waals surface area contributed by atoms with Crippen LogP contribution in [0.4, 0.5) is 0 Å². The Morgan fingerprint density at radius 3 is 2.63 bits per heavy atom. The van der Waals surface area contributed by atoms with Gasteiger partial charge >= 0.3 is 0 Å². The van der Waals surface area contributed by atoms with Crippen LogP contribution in [0.25, 0.3) is 0 Å². The molecule has 1 saturated carbocycles. The van der Waals surface area contributed by atoms with Gasteiger partial charge in [0, 0.05) is 5.69 Å². The second kappa shape index (κ2) is 6.36. The van der Waals surface area contributed by atoms with E-state index in [1.807, 2.05) is 0 Å². The Bertz CT molecular complexity index is 436. The summed E-state index contributed by atoms with van der Waals surface area (Å²) in [5.74, 6) is 0.831. The first-order valence-corrected chi connectivity index (χ1v) is 7.80. The third-order valence-electron chi connectivity index (χ3n) is 4.59. The average Bonchev–Trinajstić information content (AvgIpc) is 2.84. The third-order valence-corrected chi connectivity index (χ3v) is 4.59. The zero-order valence-electron chi connectivity index (χ0n) is 12.5. The fourth-order valence-electron chi connectivity index (χ4n) is 3.44. The topological polar surface area (TPSA) is 34.9 Å². The molecule has 0 saturated heterocycles. The summed E-state index contributed by atoms with van der Waals surface area (Å²) in [7, 11) is 0. The van der Waals surface area contributed by atoms with Crippen molar-refractivity contribution in [3.05, 3.63) is 17.0 Å². The van der Waals surface area contributed by atoms with Gasteiger partial charge in [-0.15, -0.1) is 0 Å². The van der Waals surface area contributed by atoms with Gasteiger partial charge in [-0.25, -0.2) is 0 Å². The smallest absolute Gasteiger partial charge is 0.153 e. The first kappa shape index (κ1) is 14.3. The lowest BCUT2D eigenvalue weighted by atomic mass is 9.84. The van der Waals surface area contributed by atoms with E-state index in [2.05, 4.69) is 25.5 Å². The van der Waals surface area contributed by atoms with Crippen LogP contribution in [0.5, 0.6) is 0 Å². The highest BCUT2D eigenvalue weighted by Crippen LogP contribution is 2.35. The Kier molecular flexibility index (Phi) is 4.78. The zero-order chi connectivity index (χ0) is 13.8. The molecule has 1 aliphatic rings. The van der Waals surface area contributed by atoms with E-state index in [0.717, 1.165) is 42.0 Å². The molecule has 2 rings (SSSR count). The van der Waals surface area contributed by atoms with Gasteiger partial charge in [-0.3, -0.25) is 9.48 Å². The number of aromatic nitrogens is 2. The van der Waals surface area contributed by atoms with Crippen LogP contribution in [0.2, 0.25) is 0 Å². The molecule has 3 nitrogen and oxygen atoms in total. The summed E-state index contributed by atoms with van der Waals surface area (Å²) in [5.41, 5.74) is 2.97. The molecular weight excluding hydrogens is 236 g/mol. The molecule has 0 amide bonds. The van der Waals surface area contributed by atoms with Crippen LogP contribution in [0.15, 0.2) is 0 Å². The number of aldehydes is 1. The Morgan fingerprint density at radius 1 is 1.26 bits per heavy atom. The Morgan fingerprint density at radius 2 is 2.05 bits per heavy atom. The van der Waals surface area contributed by atoms with Crippen molar-refractivity contribution in [2.24, 2.45) is 5.92 Å². The largest absolute Gasteiger partial charge is 0.298 e. The van der Waals surface area contributed by atoms with E-state index in [4.69, 9.17) is 5.10 Å². The standard InChI is InChI=1S/C16H26N2O/c1-4-12-8-7-9-13(10-12)18-16(6-3)14(11-19)15(5-2)17-18/h11-13H,4-10H2,1-3H3. The summed E-state index contributed by atoms with van der Waals surface area (Å²) in [4.78, 5) is 11.3. The SMILES string of the molecule is CCc1nn(C2CCCC(CC)C2)c(CC)c1C=O. The van der Waals surface area contributed by atoms with Crippen LogP contribution < -0.4 is 0 Å². The van der Waals surface area contributed by atoms with Crippen LogP contribution in [-0.4, -0.2) is 16.1 Å². The number of carbonyl (C=O) groups excluding carboxylic acids is 1. The van der Waals surface area contributed by atoms with E-state index in [-0.39, 0.29) is 0 Å². The highest BCUT2D eigenvalue weighted by molar-refractivity contribution is 5.78. The summed E-state index contributed by atoms with van der Waals surface area (Å²) in [6, 6.07) is 0.507. The number of hydrogen-bond donors (Lipinski definition) is 0. The molecule has 0 bridgehead atoms. The van der Waals surface area contributed by atoms with Crippen molar-refractivity contribution < 1.29 is 4.79 Å². The van der Waals surface area contributed by atoms with Gasteiger partial charge in [-0.2, -0.15) is 5.10 Å². The lowest BCUT2D eigenvalue weighted by Crippen LogP contribution is -2.21. The molecule has 1 aliphatic carbocycles. The molecule has 0 aliphatic heterocycles. The summed E-state index contributed by atoms with van der Waals surface area (Å²) in [6.07, 6.45) is 9.11. The van der Waals surface area contributed by atoms with Crippen molar-refractivity contribution in [2.75, 3.05) is 0 Å². The Balaban J connectivity index is 2.33. The molecule has 0 radical (unpaired) electrons. The van der Waals surface area contributed by atoms with E-state index >= 15 is 0 Å². The number of aryl methyl sites for hydroxylation is 1. The van der Waals surface area contributed by atoms with Crippen molar-refractivity contribution in [1.82, 2.24) is 9.78 Å². The highest BCUT2D eigenvalue weighted by atomic mass is 16.1. The molecule has 1 aromatic rings. The van der Waals surface area contributed by atoms with Crippen molar-refractivity contribution in [2.45, 2.75) is 71.8 Å². The van der Waals surface area contributed by atoms with Crippen LogP contribution in [0.1, 0.15) is 80.7 Å². The predicted molar refractivity (Wildman–Crippen MR) is 77.7 cm³/mol. The molecule has 2 atom stereocenters. The Labute approximate surface area is 116 Å². The lowest BCUT2D eigenvalue weighted by Gasteiger charge is -2.29. The normalized spacial score (nSPS) is 23.5. The van der Waals surface area contributed by atoms with Gasteiger partial charge < -0.3 is 0 Å². The summed E-state index contributed by atoms with van der Waals surface area (Å²) < 4.78 is 2.18. The Hall–Kier alpha value is -1.12. The van der Waals surface area contributed by atoms with Crippen molar-refractivity contribution in [1.29, 1.82) is 0 Å². The molecule has 0 aromatic carbocycles. The van der Waals surface area contributed by atoms with Crippen molar-refractivity contribution in [3.63, 3.8) is 0 Å². The second-order valence-corrected chi connectivity index (χ2v) is 5.67. The summed E-state index contributed by atoms with van der Waals surface area (Å²) in [5, 5.41) is 4.75. The van der Waals surface area contributed by atoms with Gasteiger partial charge in [0.25, 0.3) is 0 Å². The van der Waals surface area contributed by atoms with Crippen LogP contribution in [0, 0.1) is 5.92 Å². The molecule has 3 heteroatoms. The van der Waals surface area contributed by atoms with Gasteiger partial charge in [-0.05, 0) is 31.6 Å². The van der Waals surface area contributed by atoms with E-state index < -0.39 is 0 Å². The quantitative estimate of drug-likeness (QED) is 0.753. The van der Waals surface area contributed by atoms with Gasteiger partial charge in [0.05, 0.1) is 17.3 Å². The van der Waals surface area contributed by atoms with Crippen LogP contribution in [-0.2, 0) is 12.8 Å². The maximum Gasteiger partial charge on any atom is 0.153 e. The molecule has 0 N–H and O–H groups in total. The number of carbonyl (C=O) groups is 1. The van der Waals surface area contributed by atoms with E-state index in [1.165, 1.54) is 32.1 Å². The highest BCUT2D eigenvalue weighted by Gasteiger charge is 2.26. The van der Waals surface area contributed by atoms with Gasteiger partial charge in [0.15, 0.2) is 6.29 Å². The zero-order valence-corrected chi connectivity index (χ0v) is 12.5. The minimum Gasteiger partial charge on any atom is -0.298 e. The first-order chi connectivity index (χ1) is 9.24. The first-order valence-electron chi connectivity index (χ1n) is 7.80. The average molecular weight is 262 g/mol. The lowest BCUT2D eigenvalue weighted by molar-refractivity contribution is 0.112. The summed E-state index contributed by atoms with van der Waals surface area (Å²) in [6.45, 7) is 6.49. The van der Waals surface area contributed by atoms with Crippen LogP contribution in [0.3, 0.4) is 0 Å². The minimum atomic E-state index is 0.507. The molecule has 106 valence electrons. The maximum absolute atomic E-state index is 11.3. The molecule has 1 fully saturated rings. The molecular formula is C16H26N2O. The molecule has 19 heavy (non-hydrogen) atoms. The molecule has 1 aromatic heterocycles. The van der Waals surface area contributed by atoms with Gasteiger partial charge in [0.1, 0.15) is 0 Å². The van der Waals surface area contributed by atoms with Crippen LogP contribution >= 0.6 is 0 Å². The molecule has 0 spiro atoms. The second-order valence-electron chi connectivity index (χ2n) is 5.67. The van der Waals surface area contributed by atoms with Gasteiger partial charge in [0.2, 0.25) is 0 Å². The van der Waals surface area contributed by atoms with Crippen molar-refractivity contribution in [3.8, 4) is 0 Å². The third kappa shape index (κ3) is 2.75. The van der Waals surface area contributed by atoms with E-state index in [9.17, 15) is 4.79 Å². The summed E-state index contributed by atoms with van der Waals surface area (Å²) >= 11 is 0. The minimum absolute atomic E-state index is 0.507. The van der Waals surface area contributed by atoms with Crippen molar-refractivity contribution >= 4 is 6.29 Å². The molecule has 2 unspecified atom stereocenters. The van der Waals surface area contributed by atoms with E-state index in [0.29, 0.717) is 6.04 Å².